The summed E-state index contributed by atoms with van der Waals surface area (Å²) in [7, 11) is 0. The second-order valence-corrected chi connectivity index (χ2v) is 9.31. The summed E-state index contributed by atoms with van der Waals surface area (Å²) in [6, 6.07) is 0.458. The van der Waals surface area contributed by atoms with E-state index in [2.05, 4.69) is 21.8 Å². The zero-order valence-corrected chi connectivity index (χ0v) is 18.2. The standard InChI is InChI=1S/C21H28ClN3O2S/c1-3-14-9-7-8-12-25(14)18-16-13(2)17(28-19(16)24-21(22)23-18)20(26)27-15-10-5-4-6-11-15/h14-15H,3-12H2,1-2H3. The number of anilines is 1. The molecular formula is C21H28ClN3O2S. The van der Waals surface area contributed by atoms with Crippen molar-refractivity contribution in [2.75, 3.05) is 11.4 Å². The number of thiophene rings is 1. The van der Waals surface area contributed by atoms with Crippen molar-refractivity contribution < 1.29 is 9.53 Å². The lowest BCUT2D eigenvalue weighted by Crippen LogP contribution is -2.39. The van der Waals surface area contributed by atoms with Crippen LogP contribution in [0.3, 0.4) is 0 Å². The number of rotatable bonds is 4. The molecule has 1 aliphatic heterocycles. The van der Waals surface area contributed by atoms with Gasteiger partial charge in [-0.15, -0.1) is 11.3 Å². The Bertz CT molecular complexity index is 863. The van der Waals surface area contributed by atoms with Gasteiger partial charge in [0.2, 0.25) is 5.28 Å². The first-order valence-corrected chi connectivity index (χ1v) is 11.7. The van der Waals surface area contributed by atoms with Gasteiger partial charge in [0.25, 0.3) is 0 Å². The van der Waals surface area contributed by atoms with Crippen molar-refractivity contribution in [3.8, 4) is 0 Å². The highest BCUT2D eigenvalue weighted by atomic mass is 35.5. The molecule has 1 atom stereocenters. The van der Waals surface area contributed by atoms with Crippen LogP contribution in [-0.4, -0.2) is 34.6 Å². The van der Waals surface area contributed by atoms with Gasteiger partial charge < -0.3 is 9.64 Å². The molecular weight excluding hydrogens is 394 g/mol. The fourth-order valence-electron chi connectivity index (χ4n) is 4.59. The van der Waals surface area contributed by atoms with E-state index < -0.39 is 0 Å². The summed E-state index contributed by atoms with van der Waals surface area (Å²) in [4.78, 5) is 25.7. The molecule has 1 saturated heterocycles. The minimum absolute atomic E-state index is 0.0478. The molecule has 0 radical (unpaired) electrons. The molecule has 2 aromatic rings. The second-order valence-electron chi connectivity index (χ2n) is 7.97. The maximum atomic E-state index is 12.9. The summed E-state index contributed by atoms with van der Waals surface area (Å²) in [5.41, 5.74) is 0.924. The van der Waals surface area contributed by atoms with Crippen LogP contribution in [0.15, 0.2) is 0 Å². The third-order valence-electron chi connectivity index (χ3n) is 6.13. The fraction of sp³-hybridized carbons (Fsp3) is 0.667. The maximum absolute atomic E-state index is 12.9. The Morgan fingerprint density at radius 2 is 1.93 bits per heavy atom. The van der Waals surface area contributed by atoms with Crippen molar-refractivity contribution in [2.45, 2.75) is 83.8 Å². The highest BCUT2D eigenvalue weighted by Crippen LogP contribution is 2.39. The van der Waals surface area contributed by atoms with Crippen LogP contribution in [0.5, 0.6) is 0 Å². The molecule has 1 saturated carbocycles. The molecule has 152 valence electrons. The minimum Gasteiger partial charge on any atom is -0.458 e. The van der Waals surface area contributed by atoms with E-state index in [0.29, 0.717) is 10.9 Å². The van der Waals surface area contributed by atoms with E-state index in [4.69, 9.17) is 16.3 Å². The molecule has 1 aliphatic carbocycles. The molecule has 2 aliphatic rings. The van der Waals surface area contributed by atoms with Gasteiger partial charge in [-0.3, -0.25) is 0 Å². The smallest absolute Gasteiger partial charge is 0.348 e. The number of hydrogen-bond acceptors (Lipinski definition) is 6. The highest BCUT2D eigenvalue weighted by molar-refractivity contribution is 7.20. The normalized spacial score (nSPS) is 21.2. The molecule has 1 unspecified atom stereocenters. The number of hydrogen-bond donors (Lipinski definition) is 0. The van der Waals surface area contributed by atoms with Crippen molar-refractivity contribution >= 4 is 44.9 Å². The van der Waals surface area contributed by atoms with Crippen LogP contribution in [-0.2, 0) is 4.74 Å². The summed E-state index contributed by atoms with van der Waals surface area (Å²) >= 11 is 7.66. The lowest BCUT2D eigenvalue weighted by Gasteiger charge is -2.36. The Morgan fingerprint density at radius 3 is 2.68 bits per heavy atom. The number of nitrogens with zero attached hydrogens (tertiary/aromatic N) is 3. The number of halogens is 1. The van der Waals surface area contributed by atoms with Crippen molar-refractivity contribution in [1.29, 1.82) is 0 Å². The second kappa shape index (κ2) is 8.54. The highest BCUT2D eigenvalue weighted by Gasteiger charge is 2.29. The van der Waals surface area contributed by atoms with Gasteiger partial charge in [-0.1, -0.05) is 13.3 Å². The molecule has 28 heavy (non-hydrogen) atoms. The van der Waals surface area contributed by atoms with Crippen molar-refractivity contribution in [1.82, 2.24) is 9.97 Å². The van der Waals surface area contributed by atoms with Crippen LogP contribution >= 0.6 is 22.9 Å². The third kappa shape index (κ3) is 3.86. The van der Waals surface area contributed by atoms with Crippen LogP contribution in [0, 0.1) is 6.92 Å². The summed E-state index contributed by atoms with van der Waals surface area (Å²) < 4.78 is 5.82. The molecule has 0 amide bonds. The first kappa shape index (κ1) is 19.9. The first-order chi connectivity index (χ1) is 13.6. The van der Waals surface area contributed by atoms with Gasteiger partial charge in [-0.05, 0) is 75.5 Å². The monoisotopic (exact) mass is 421 g/mol. The molecule has 0 N–H and O–H groups in total. The van der Waals surface area contributed by atoms with Crippen LogP contribution < -0.4 is 4.90 Å². The summed E-state index contributed by atoms with van der Waals surface area (Å²) in [6.45, 7) is 5.18. The minimum atomic E-state index is -0.222. The maximum Gasteiger partial charge on any atom is 0.348 e. The average Bonchev–Trinajstić information content (AvgIpc) is 3.04. The topological polar surface area (TPSA) is 55.3 Å². The number of aromatic nitrogens is 2. The van der Waals surface area contributed by atoms with Gasteiger partial charge in [-0.25, -0.2) is 9.78 Å². The van der Waals surface area contributed by atoms with Crippen molar-refractivity contribution in [3.05, 3.63) is 15.7 Å². The number of carbonyl (C=O) groups is 1. The van der Waals surface area contributed by atoms with Crippen molar-refractivity contribution in [3.63, 3.8) is 0 Å². The Kier molecular flexibility index (Phi) is 6.07. The van der Waals surface area contributed by atoms with Gasteiger partial charge in [0, 0.05) is 12.6 Å². The molecule has 3 heterocycles. The SMILES string of the molecule is CCC1CCCCN1c1nc(Cl)nc2sc(C(=O)OC3CCCCC3)c(C)c12. The number of carbonyl (C=O) groups excluding carboxylic acids is 1. The van der Waals surface area contributed by atoms with Crippen LogP contribution in [0.4, 0.5) is 5.82 Å². The van der Waals surface area contributed by atoms with Gasteiger partial charge in [0.15, 0.2) is 0 Å². The zero-order chi connectivity index (χ0) is 19.7. The Hall–Kier alpha value is -1.40. The van der Waals surface area contributed by atoms with E-state index in [0.717, 1.165) is 66.7 Å². The van der Waals surface area contributed by atoms with E-state index in [1.807, 2.05) is 6.92 Å². The van der Waals surface area contributed by atoms with Gasteiger partial charge in [-0.2, -0.15) is 4.98 Å². The molecule has 4 rings (SSSR count). The number of fused-ring (bicyclic) bond motifs is 1. The predicted octanol–water partition coefficient (Wildman–Crippen LogP) is 5.91. The van der Waals surface area contributed by atoms with Crippen LogP contribution in [0.25, 0.3) is 10.2 Å². The summed E-state index contributed by atoms with van der Waals surface area (Å²) in [5.74, 6) is 0.659. The zero-order valence-electron chi connectivity index (χ0n) is 16.7. The number of ether oxygens (including phenoxy) is 1. The van der Waals surface area contributed by atoms with Crippen LogP contribution in [0.1, 0.15) is 79.9 Å². The quantitative estimate of drug-likeness (QED) is 0.453. The molecule has 0 aromatic carbocycles. The molecule has 2 aromatic heterocycles. The predicted molar refractivity (Wildman–Crippen MR) is 115 cm³/mol. The molecule has 5 nitrogen and oxygen atoms in total. The lowest BCUT2D eigenvalue weighted by atomic mass is 9.98. The van der Waals surface area contributed by atoms with Gasteiger partial charge in [0.1, 0.15) is 21.6 Å². The molecule has 0 spiro atoms. The van der Waals surface area contributed by atoms with Gasteiger partial charge in [0.05, 0.1) is 5.39 Å². The lowest BCUT2D eigenvalue weighted by molar-refractivity contribution is 0.0216. The largest absolute Gasteiger partial charge is 0.458 e. The third-order valence-corrected chi connectivity index (χ3v) is 7.46. The Labute approximate surface area is 175 Å². The molecule has 2 fully saturated rings. The molecule has 0 bridgehead atoms. The van der Waals surface area contributed by atoms with Gasteiger partial charge >= 0.3 is 5.97 Å². The fourth-order valence-corrected chi connectivity index (χ4v) is 5.86. The summed E-state index contributed by atoms with van der Waals surface area (Å²) in [6.07, 6.45) is 10.1. The van der Waals surface area contributed by atoms with E-state index in [9.17, 15) is 4.79 Å². The molecule has 7 heteroatoms. The number of esters is 1. The number of piperidine rings is 1. The Morgan fingerprint density at radius 1 is 1.18 bits per heavy atom. The number of aryl methyl sites for hydroxylation is 1. The van der Waals surface area contributed by atoms with E-state index >= 15 is 0 Å². The Balaban J connectivity index is 1.70. The summed E-state index contributed by atoms with van der Waals surface area (Å²) in [5, 5.41) is 1.21. The van der Waals surface area contributed by atoms with Crippen molar-refractivity contribution in [2.24, 2.45) is 0 Å². The first-order valence-electron chi connectivity index (χ1n) is 10.5. The van der Waals surface area contributed by atoms with E-state index in [1.165, 1.54) is 30.6 Å². The van der Waals surface area contributed by atoms with E-state index in [-0.39, 0.29) is 17.4 Å². The van der Waals surface area contributed by atoms with E-state index in [1.54, 1.807) is 0 Å². The van der Waals surface area contributed by atoms with Crippen LogP contribution in [0.2, 0.25) is 5.28 Å². The average molecular weight is 422 g/mol.